The number of benzene rings is 1. The fourth-order valence-corrected chi connectivity index (χ4v) is 1.64. The van der Waals surface area contributed by atoms with Crippen LogP contribution in [-0.4, -0.2) is 45.7 Å². The van der Waals surface area contributed by atoms with Gasteiger partial charge in [0.2, 0.25) is 0 Å². The monoisotopic (exact) mass is 269 g/mol. The number of ether oxygens (including phenoxy) is 3. The summed E-state index contributed by atoms with van der Waals surface area (Å²) in [7, 11) is 3.20. The third-order valence-corrected chi connectivity index (χ3v) is 2.69. The van der Waals surface area contributed by atoms with Gasteiger partial charge in [0.15, 0.2) is 11.5 Å². The highest BCUT2D eigenvalue weighted by atomic mass is 16.5. The predicted molar refractivity (Wildman–Crippen MR) is 73.7 cm³/mol. The van der Waals surface area contributed by atoms with Gasteiger partial charge in [-0.3, -0.25) is 0 Å². The van der Waals surface area contributed by atoms with Gasteiger partial charge in [0, 0.05) is 25.8 Å². The molecule has 108 valence electrons. The molecule has 0 saturated heterocycles. The van der Waals surface area contributed by atoms with Crippen molar-refractivity contribution in [3.8, 4) is 11.5 Å². The van der Waals surface area contributed by atoms with Gasteiger partial charge in [-0.15, -0.1) is 0 Å². The molecule has 0 heterocycles. The molecule has 0 aliphatic carbocycles. The van der Waals surface area contributed by atoms with E-state index in [1.54, 1.807) is 20.3 Å². The molecule has 0 spiro atoms. The zero-order chi connectivity index (χ0) is 13.9. The van der Waals surface area contributed by atoms with Gasteiger partial charge in [0.1, 0.15) is 0 Å². The van der Waals surface area contributed by atoms with Crippen LogP contribution in [0.1, 0.15) is 12.0 Å². The standard InChI is InChI=1S/C14H23NO4/c1-17-9-10-19-8-4-7-15-11-12-5-3-6-13(18-2)14(12)16/h3,5-6,15-16H,4,7-11H2,1-2H3. The number of hydrogen-bond acceptors (Lipinski definition) is 5. The highest BCUT2D eigenvalue weighted by Crippen LogP contribution is 2.28. The number of para-hydroxylation sites is 1. The number of nitrogens with one attached hydrogen (secondary N) is 1. The van der Waals surface area contributed by atoms with Crippen LogP contribution in [0.4, 0.5) is 0 Å². The van der Waals surface area contributed by atoms with Crippen molar-refractivity contribution in [3.63, 3.8) is 0 Å². The maximum absolute atomic E-state index is 9.89. The van der Waals surface area contributed by atoms with Gasteiger partial charge in [-0.05, 0) is 19.0 Å². The second-order valence-corrected chi connectivity index (χ2v) is 4.10. The van der Waals surface area contributed by atoms with E-state index in [0.29, 0.717) is 32.1 Å². The first kappa shape index (κ1) is 15.8. The molecule has 1 aromatic carbocycles. The number of hydrogen-bond donors (Lipinski definition) is 2. The van der Waals surface area contributed by atoms with Gasteiger partial charge in [-0.2, -0.15) is 0 Å². The van der Waals surface area contributed by atoms with Crippen molar-refractivity contribution in [2.45, 2.75) is 13.0 Å². The Kier molecular flexibility index (Phi) is 7.97. The molecule has 0 atom stereocenters. The average molecular weight is 269 g/mol. The molecule has 1 aromatic rings. The van der Waals surface area contributed by atoms with Crippen molar-refractivity contribution in [1.82, 2.24) is 5.32 Å². The lowest BCUT2D eigenvalue weighted by molar-refractivity contribution is 0.0694. The van der Waals surface area contributed by atoms with E-state index in [-0.39, 0.29) is 5.75 Å². The fraction of sp³-hybridized carbons (Fsp3) is 0.571. The maximum atomic E-state index is 9.89. The molecule has 0 aliphatic heterocycles. The van der Waals surface area contributed by atoms with Crippen molar-refractivity contribution >= 4 is 0 Å². The quantitative estimate of drug-likeness (QED) is 0.631. The highest BCUT2D eigenvalue weighted by molar-refractivity contribution is 5.45. The smallest absolute Gasteiger partial charge is 0.162 e. The SMILES string of the molecule is COCCOCCCNCc1cccc(OC)c1O. The van der Waals surface area contributed by atoms with E-state index in [1.807, 2.05) is 12.1 Å². The zero-order valence-electron chi connectivity index (χ0n) is 11.6. The summed E-state index contributed by atoms with van der Waals surface area (Å²) in [4.78, 5) is 0. The Balaban J connectivity index is 2.16. The number of phenols is 1. The molecule has 0 fully saturated rings. The first-order valence-corrected chi connectivity index (χ1v) is 6.41. The molecule has 0 radical (unpaired) electrons. The summed E-state index contributed by atoms with van der Waals surface area (Å²) in [6, 6.07) is 5.48. The van der Waals surface area contributed by atoms with Crippen LogP contribution >= 0.6 is 0 Å². The topological polar surface area (TPSA) is 60.0 Å². The number of phenolic OH excluding ortho intramolecular Hbond substituents is 1. The molecule has 0 bridgehead atoms. The molecule has 1 rings (SSSR count). The van der Waals surface area contributed by atoms with E-state index in [2.05, 4.69) is 5.32 Å². The maximum Gasteiger partial charge on any atom is 0.162 e. The van der Waals surface area contributed by atoms with Crippen molar-refractivity contribution in [1.29, 1.82) is 0 Å². The molecule has 19 heavy (non-hydrogen) atoms. The Hall–Kier alpha value is -1.30. The Morgan fingerprint density at radius 3 is 2.74 bits per heavy atom. The second kappa shape index (κ2) is 9.61. The number of rotatable bonds is 10. The van der Waals surface area contributed by atoms with Gasteiger partial charge in [-0.25, -0.2) is 0 Å². The molecule has 5 heteroatoms. The van der Waals surface area contributed by atoms with Gasteiger partial charge < -0.3 is 24.6 Å². The summed E-state index contributed by atoms with van der Waals surface area (Å²) in [5, 5.41) is 13.1. The lowest BCUT2D eigenvalue weighted by atomic mass is 10.2. The third-order valence-electron chi connectivity index (χ3n) is 2.69. The van der Waals surface area contributed by atoms with Crippen LogP contribution in [0, 0.1) is 0 Å². The molecule has 0 saturated carbocycles. The molecule has 0 aromatic heterocycles. The summed E-state index contributed by atoms with van der Waals surface area (Å²) in [6.07, 6.45) is 0.925. The number of aromatic hydroxyl groups is 1. The van der Waals surface area contributed by atoms with Crippen molar-refractivity contribution in [3.05, 3.63) is 23.8 Å². The largest absolute Gasteiger partial charge is 0.504 e. The lowest BCUT2D eigenvalue weighted by Crippen LogP contribution is -2.17. The van der Waals surface area contributed by atoms with Crippen molar-refractivity contribution in [2.24, 2.45) is 0 Å². The summed E-state index contributed by atoms with van der Waals surface area (Å²) < 4.78 is 15.3. The molecule has 0 unspecified atom stereocenters. The van der Waals surface area contributed by atoms with E-state index >= 15 is 0 Å². The van der Waals surface area contributed by atoms with E-state index in [9.17, 15) is 5.11 Å². The molecule has 5 nitrogen and oxygen atoms in total. The number of methoxy groups -OCH3 is 2. The summed E-state index contributed by atoms with van der Waals surface area (Å²) >= 11 is 0. The first-order valence-electron chi connectivity index (χ1n) is 6.41. The summed E-state index contributed by atoms with van der Waals surface area (Å²) in [5.41, 5.74) is 0.833. The molecular formula is C14H23NO4. The van der Waals surface area contributed by atoms with Crippen molar-refractivity contribution < 1.29 is 19.3 Å². The predicted octanol–water partition coefficient (Wildman–Crippen LogP) is 1.54. The minimum atomic E-state index is 0.203. The third kappa shape index (κ3) is 5.92. The normalized spacial score (nSPS) is 10.6. The van der Waals surface area contributed by atoms with Gasteiger partial charge in [0.25, 0.3) is 0 Å². The van der Waals surface area contributed by atoms with Crippen LogP contribution in [-0.2, 0) is 16.0 Å². The molecule has 2 N–H and O–H groups in total. The second-order valence-electron chi connectivity index (χ2n) is 4.10. The van der Waals surface area contributed by atoms with Crippen LogP contribution in [0.15, 0.2) is 18.2 Å². The van der Waals surface area contributed by atoms with E-state index in [1.165, 1.54) is 0 Å². The van der Waals surface area contributed by atoms with Gasteiger partial charge >= 0.3 is 0 Å². The fourth-order valence-electron chi connectivity index (χ4n) is 1.64. The van der Waals surface area contributed by atoms with Crippen LogP contribution in [0.3, 0.4) is 0 Å². The minimum absolute atomic E-state index is 0.203. The van der Waals surface area contributed by atoms with Crippen LogP contribution in [0.25, 0.3) is 0 Å². The first-order chi connectivity index (χ1) is 9.29. The lowest BCUT2D eigenvalue weighted by Gasteiger charge is -2.10. The molecule has 0 aliphatic rings. The van der Waals surface area contributed by atoms with Crippen LogP contribution < -0.4 is 10.1 Å². The average Bonchev–Trinajstić information content (AvgIpc) is 2.43. The van der Waals surface area contributed by atoms with Gasteiger partial charge in [-0.1, -0.05) is 12.1 Å². The van der Waals surface area contributed by atoms with E-state index < -0.39 is 0 Å². The van der Waals surface area contributed by atoms with Crippen LogP contribution in [0.2, 0.25) is 0 Å². The summed E-state index contributed by atoms with van der Waals surface area (Å²) in [6.45, 7) is 3.42. The Morgan fingerprint density at radius 2 is 2.00 bits per heavy atom. The van der Waals surface area contributed by atoms with Crippen LogP contribution in [0.5, 0.6) is 11.5 Å². The van der Waals surface area contributed by atoms with E-state index in [4.69, 9.17) is 14.2 Å². The Labute approximate surface area is 114 Å². The molecule has 0 amide bonds. The minimum Gasteiger partial charge on any atom is -0.504 e. The Morgan fingerprint density at radius 1 is 1.16 bits per heavy atom. The summed E-state index contributed by atoms with van der Waals surface area (Å²) in [5.74, 6) is 0.705. The van der Waals surface area contributed by atoms with Crippen molar-refractivity contribution in [2.75, 3.05) is 40.6 Å². The molecular weight excluding hydrogens is 246 g/mol. The zero-order valence-corrected chi connectivity index (χ0v) is 11.6. The van der Waals surface area contributed by atoms with E-state index in [0.717, 1.165) is 18.5 Å². The highest BCUT2D eigenvalue weighted by Gasteiger charge is 2.06. The van der Waals surface area contributed by atoms with Gasteiger partial charge in [0.05, 0.1) is 20.3 Å². The Bertz CT molecular complexity index is 357.